The quantitative estimate of drug-likeness (QED) is 0.255. The number of carbonyl (C=O) groups is 2. The second kappa shape index (κ2) is 10.4. The van der Waals surface area contributed by atoms with Crippen LogP contribution in [0.25, 0.3) is 0 Å². The highest BCUT2D eigenvalue weighted by Gasteiger charge is 2.30. The van der Waals surface area contributed by atoms with Crippen LogP contribution in [0.15, 0.2) is 60.7 Å². The average molecular weight is 487 g/mol. The van der Waals surface area contributed by atoms with E-state index in [1.165, 1.54) is 5.56 Å². The van der Waals surface area contributed by atoms with E-state index < -0.39 is 5.97 Å². The van der Waals surface area contributed by atoms with Crippen molar-refractivity contribution in [1.29, 1.82) is 0 Å². The van der Waals surface area contributed by atoms with Gasteiger partial charge in [-0.1, -0.05) is 42.5 Å². The molecule has 0 fully saturated rings. The number of amides is 1. The van der Waals surface area contributed by atoms with Crippen molar-refractivity contribution in [2.24, 2.45) is 5.84 Å². The summed E-state index contributed by atoms with van der Waals surface area (Å²) in [5.41, 5.74) is 13.2. The predicted octanol–water partition coefficient (Wildman–Crippen LogP) is 4.64. The van der Waals surface area contributed by atoms with Crippen LogP contribution in [0.4, 0.5) is 11.4 Å². The summed E-state index contributed by atoms with van der Waals surface area (Å²) in [6.45, 7) is 7.13. The number of carbonyl (C=O) groups excluding carboxylic acids is 1. The summed E-state index contributed by atoms with van der Waals surface area (Å²) < 4.78 is 0. The second-order valence-corrected chi connectivity index (χ2v) is 9.40. The molecule has 0 saturated carbocycles. The van der Waals surface area contributed by atoms with E-state index in [1.807, 2.05) is 74.2 Å². The topological polar surface area (TPSA) is 113 Å². The van der Waals surface area contributed by atoms with Gasteiger partial charge in [0.05, 0.1) is 23.8 Å². The normalized spacial score (nSPS) is 15.8. The Kier molecular flexibility index (Phi) is 7.31. The van der Waals surface area contributed by atoms with Crippen molar-refractivity contribution >= 4 is 23.3 Å². The lowest BCUT2D eigenvalue weighted by Gasteiger charge is -2.36. The van der Waals surface area contributed by atoms with E-state index in [9.17, 15) is 14.7 Å². The summed E-state index contributed by atoms with van der Waals surface area (Å²) in [5, 5.41) is 11.3. The van der Waals surface area contributed by atoms with Gasteiger partial charge in [0.25, 0.3) is 5.91 Å². The van der Waals surface area contributed by atoms with Crippen LogP contribution in [0, 0.1) is 6.92 Å². The molecule has 0 aliphatic carbocycles. The van der Waals surface area contributed by atoms with E-state index in [0.29, 0.717) is 24.3 Å². The molecule has 7 nitrogen and oxygen atoms in total. The lowest BCUT2D eigenvalue weighted by atomic mass is 9.82. The van der Waals surface area contributed by atoms with Gasteiger partial charge in [0.2, 0.25) is 0 Å². The molecule has 3 aromatic carbocycles. The van der Waals surface area contributed by atoms with Gasteiger partial charge in [0.1, 0.15) is 0 Å². The van der Waals surface area contributed by atoms with E-state index in [-0.39, 0.29) is 24.3 Å². The third-order valence-corrected chi connectivity index (χ3v) is 7.33. The van der Waals surface area contributed by atoms with Crippen LogP contribution in [0.5, 0.6) is 0 Å². The molecule has 3 aromatic rings. The van der Waals surface area contributed by atoms with E-state index in [1.54, 1.807) is 5.01 Å². The molecule has 7 heteroatoms. The number of anilines is 2. The third-order valence-electron chi connectivity index (χ3n) is 7.33. The molecule has 0 radical (unpaired) electrons. The summed E-state index contributed by atoms with van der Waals surface area (Å²) in [6.07, 6.45) is 0.686. The van der Waals surface area contributed by atoms with Crippen molar-refractivity contribution < 1.29 is 14.7 Å². The first-order chi connectivity index (χ1) is 17.2. The van der Waals surface area contributed by atoms with E-state index >= 15 is 0 Å². The third kappa shape index (κ3) is 4.79. The van der Waals surface area contributed by atoms with Crippen molar-refractivity contribution in [3.05, 3.63) is 94.0 Å². The summed E-state index contributed by atoms with van der Waals surface area (Å²) in [4.78, 5) is 27.0. The Hall–Kier alpha value is -3.84. The number of carboxylic acid groups (broad SMARTS) is 1. The van der Waals surface area contributed by atoms with Crippen LogP contribution in [-0.2, 0) is 11.2 Å². The summed E-state index contributed by atoms with van der Waals surface area (Å²) >= 11 is 0. The molecule has 1 aliphatic rings. The molecule has 1 amide bonds. The van der Waals surface area contributed by atoms with Crippen LogP contribution < -0.4 is 16.6 Å². The van der Waals surface area contributed by atoms with Gasteiger partial charge in [-0.15, -0.1) is 0 Å². The molecular weight excluding hydrogens is 452 g/mol. The Bertz CT molecular complexity index is 1280. The maximum atomic E-state index is 13.2. The maximum absolute atomic E-state index is 13.2. The van der Waals surface area contributed by atoms with Gasteiger partial charge in [-0.25, -0.2) is 5.84 Å². The molecule has 0 saturated heterocycles. The SMILES string of the molecule is CCN(N)c1ccc(C(CC(=O)O)c2ccc3c(c2)C(C)N(C(=O)c2ccccc2)CC3)c(C)c1N. The van der Waals surface area contributed by atoms with Gasteiger partial charge in [0, 0.05) is 24.6 Å². The largest absolute Gasteiger partial charge is 0.481 e. The number of nitrogen functional groups attached to an aromatic ring is 1. The monoisotopic (exact) mass is 486 g/mol. The van der Waals surface area contributed by atoms with Crippen LogP contribution in [-0.4, -0.2) is 35.0 Å². The molecule has 5 N–H and O–H groups in total. The molecule has 188 valence electrons. The Morgan fingerprint density at radius 3 is 2.53 bits per heavy atom. The van der Waals surface area contributed by atoms with Crippen LogP contribution >= 0.6 is 0 Å². The Morgan fingerprint density at radius 1 is 1.14 bits per heavy atom. The second-order valence-electron chi connectivity index (χ2n) is 9.40. The molecule has 0 aromatic heterocycles. The number of nitrogens with zero attached hydrogens (tertiary/aromatic N) is 2. The number of hydrogen-bond donors (Lipinski definition) is 3. The number of hydrogen-bond acceptors (Lipinski definition) is 5. The molecule has 1 aliphatic heterocycles. The molecule has 2 unspecified atom stereocenters. The predicted molar refractivity (Wildman–Crippen MR) is 143 cm³/mol. The number of carboxylic acids is 1. The van der Waals surface area contributed by atoms with E-state index in [0.717, 1.165) is 34.4 Å². The highest BCUT2D eigenvalue weighted by Crippen LogP contribution is 2.39. The number of benzene rings is 3. The van der Waals surface area contributed by atoms with Crippen LogP contribution in [0.2, 0.25) is 0 Å². The first kappa shape index (κ1) is 25.3. The molecule has 2 atom stereocenters. The number of rotatable bonds is 7. The average Bonchev–Trinajstić information content (AvgIpc) is 2.89. The summed E-state index contributed by atoms with van der Waals surface area (Å²) in [6, 6.07) is 19.1. The van der Waals surface area contributed by atoms with E-state index in [2.05, 4.69) is 12.1 Å². The molecule has 0 spiro atoms. The van der Waals surface area contributed by atoms with Gasteiger partial charge in [-0.3, -0.25) is 9.59 Å². The first-order valence-electron chi connectivity index (χ1n) is 12.3. The fraction of sp³-hybridized carbons (Fsp3) is 0.310. The van der Waals surface area contributed by atoms with Gasteiger partial charge in [0.15, 0.2) is 0 Å². The zero-order chi connectivity index (χ0) is 26.0. The fourth-order valence-electron chi connectivity index (χ4n) is 5.18. The number of hydrazine groups is 1. The van der Waals surface area contributed by atoms with Crippen molar-refractivity contribution in [3.63, 3.8) is 0 Å². The van der Waals surface area contributed by atoms with Crippen molar-refractivity contribution in [1.82, 2.24) is 4.90 Å². The summed E-state index contributed by atoms with van der Waals surface area (Å²) in [5.74, 6) is 4.81. The number of aliphatic carboxylic acids is 1. The lowest BCUT2D eigenvalue weighted by Crippen LogP contribution is -2.39. The van der Waals surface area contributed by atoms with Gasteiger partial charge < -0.3 is 20.7 Å². The summed E-state index contributed by atoms with van der Waals surface area (Å²) in [7, 11) is 0. The number of nitrogens with two attached hydrogens (primary N) is 2. The smallest absolute Gasteiger partial charge is 0.304 e. The Labute approximate surface area is 212 Å². The minimum Gasteiger partial charge on any atom is -0.481 e. The molecule has 36 heavy (non-hydrogen) atoms. The zero-order valence-electron chi connectivity index (χ0n) is 21.1. The standard InChI is InChI=1S/C29H34N4O3/c1-4-33(31)26-13-12-23(18(2)28(26)30)25(17-27(34)35)22-11-10-20-14-15-32(19(3)24(20)16-22)29(36)21-8-6-5-7-9-21/h5-13,16,19,25H,4,14-15,17,30-31H2,1-3H3,(H,34,35). The molecule has 0 bridgehead atoms. The van der Waals surface area contributed by atoms with Crippen molar-refractivity contribution in [2.45, 2.75) is 45.6 Å². The van der Waals surface area contributed by atoms with Crippen LogP contribution in [0.1, 0.15) is 70.4 Å². The van der Waals surface area contributed by atoms with Crippen molar-refractivity contribution in [2.75, 3.05) is 23.8 Å². The lowest BCUT2D eigenvalue weighted by molar-refractivity contribution is -0.137. The minimum atomic E-state index is -0.886. The molecular formula is C29H34N4O3. The zero-order valence-corrected chi connectivity index (χ0v) is 21.1. The van der Waals surface area contributed by atoms with Crippen molar-refractivity contribution in [3.8, 4) is 0 Å². The highest BCUT2D eigenvalue weighted by molar-refractivity contribution is 5.94. The fourth-order valence-corrected chi connectivity index (χ4v) is 5.18. The number of fused-ring (bicyclic) bond motifs is 1. The first-order valence-corrected chi connectivity index (χ1v) is 12.3. The molecule has 1 heterocycles. The van der Waals surface area contributed by atoms with Gasteiger partial charge >= 0.3 is 5.97 Å². The minimum absolute atomic E-state index is 0.00251. The van der Waals surface area contributed by atoms with Gasteiger partial charge in [-0.05, 0) is 73.2 Å². The Morgan fingerprint density at radius 2 is 1.86 bits per heavy atom. The Balaban J connectivity index is 1.73. The van der Waals surface area contributed by atoms with Crippen LogP contribution in [0.3, 0.4) is 0 Å². The maximum Gasteiger partial charge on any atom is 0.304 e. The van der Waals surface area contributed by atoms with Gasteiger partial charge in [-0.2, -0.15) is 0 Å². The highest BCUT2D eigenvalue weighted by atomic mass is 16.4. The molecule has 4 rings (SSSR count). The van der Waals surface area contributed by atoms with E-state index in [4.69, 9.17) is 11.6 Å².